The highest BCUT2D eigenvalue weighted by atomic mass is 16.5. The van der Waals surface area contributed by atoms with E-state index in [-0.39, 0.29) is 12.2 Å². The van der Waals surface area contributed by atoms with Crippen molar-refractivity contribution in [3.63, 3.8) is 0 Å². The largest absolute Gasteiger partial charge is 0.496 e. The molecule has 0 aliphatic carbocycles. The van der Waals surface area contributed by atoms with Crippen LogP contribution in [-0.4, -0.2) is 25.0 Å². The first-order valence-corrected chi connectivity index (χ1v) is 7.43. The Bertz CT molecular complexity index is 692. The van der Waals surface area contributed by atoms with Gasteiger partial charge in [-0.15, -0.1) is 0 Å². The van der Waals surface area contributed by atoms with E-state index in [4.69, 9.17) is 9.47 Å². The van der Waals surface area contributed by atoms with Crippen LogP contribution in [0.1, 0.15) is 28.4 Å². The summed E-state index contributed by atoms with van der Waals surface area (Å²) in [5.74, 6) is 0.0804. The summed E-state index contributed by atoms with van der Waals surface area (Å²) in [6, 6.07) is 14.3. The molecule has 0 amide bonds. The van der Waals surface area contributed by atoms with Crippen LogP contribution in [0.4, 0.5) is 0 Å². The van der Waals surface area contributed by atoms with Crippen molar-refractivity contribution in [2.75, 3.05) is 7.11 Å². The predicted octanol–water partition coefficient (Wildman–Crippen LogP) is 3.36. The van der Waals surface area contributed by atoms with Crippen molar-refractivity contribution in [1.29, 1.82) is 0 Å². The van der Waals surface area contributed by atoms with Gasteiger partial charge in [0.2, 0.25) is 5.78 Å². The molecule has 0 bridgehead atoms. The van der Waals surface area contributed by atoms with Crippen LogP contribution in [-0.2, 0) is 16.0 Å². The van der Waals surface area contributed by atoms with Crippen LogP contribution < -0.4 is 4.74 Å². The lowest BCUT2D eigenvalue weighted by atomic mass is 10.1. The van der Waals surface area contributed by atoms with Crippen LogP contribution in [0, 0.1) is 6.92 Å². The van der Waals surface area contributed by atoms with E-state index in [0.717, 1.165) is 16.9 Å². The summed E-state index contributed by atoms with van der Waals surface area (Å²) in [6.45, 7) is 3.52. The lowest BCUT2D eigenvalue weighted by molar-refractivity contribution is -0.145. The van der Waals surface area contributed by atoms with E-state index >= 15 is 0 Å². The molecule has 0 aliphatic heterocycles. The Morgan fingerprint density at radius 1 is 1.09 bits per heavy atom. The van der Waals surface area contributed by atoms with E-state index in [1.165, 1.54) is 0 Å². The minimum atomic E-state index is -0.808. The lowest BCUT2D eigenvalue weighted by Gasteiger charge is -2.13. The standard InChI is InChI=1S/C19H20O4/c1-13-9-10-15(11-17(13)22-3)12-18(20)23-14(2)19(21)16-7-5-4-6-8-16/h4-11,14H,12H2,1-3H3. The Balaban J connectivity index is 1.98. The first kappa shape index (κ1) is 16.7. The first-order valence-electron chi connectivity index (χ1n) is 7.43. The van der Waals surface area contributed by atoms with E-state index in [0.29, 0.717) is 5.56 Å². The zero-order valence-corrected chi connectivity index (χ0v) is 13.5. The number of ether oxygens (including phenoxy) is 2. The molecular formula is C19H20O4. The topological polar surface area (TPSA) is 52.6 Å². The maximum absolute atomic E-state index is 12.2. The van der Waals surface area contributed by atoms with Crippen LogP contribution in [0.25, 0.3) is 0 Å². The molecule has 0 saturated carbocycles. The Morgan fingerprint density at radius 2 is 1.78 bits per heavy atom. The molecule has 4 heteroatoms. The number of hydrogen-bond donors (Lipinski definition) is 0. The summed E-state index contributed by atoms with van der Waals surface area (Å²) in [7, 11) is 1.59. The van der Waals surface area contributed by atoms with Gasteiger partial charge in [-0.3, -0.25) is 9.59 Å². The summed E-state index contributed by atoms with van der Waals surface area (Å²) >= 11 is 0. The van der Waals surface area contributed by atoms with Gasteiger partial charge in [-0.1, -0.05) is 42.5 Å². The van der Waals surface area contributed by atoms with Crippen molar-refractivity contribution in [3.05, 3.63) is 65.2 Å². The number of carbonyl (C=O) groups excluding carboxylic acids is 2. The molecule has 23 heavy (non-hydrogen) atoms. The predicted molar refractivity (Wildman–Crippen MR) is 87.8 cm³/mol. The van der Waals surface area contributed by atoms with Gasteiger partial charge in [0, 0.05) is 5.56 Å². The minimum Gasteiger partial charge on any atom is -0.496 e. The molecule has 0 aliphatic rings. The number of aryl methyl sites for hydroxylation is 1. The second kappa shape index (κ2) is 7.58. The molecule has 0 spiro atoms. The van der Waals surface area contributed by atoms with Crippen molar-refractivity contribution in [2.45, 2.75) is 26.4 Å². The molecule has 1 atom stereocenters. The molecule has 0 heterocycles. The SMILES string of the molecule is COc1cc(CC(=O)OC(C)C(=O)c2ccccc2)ccc1C. The lowest BCUT2D eigenvalue weighted by Crippen LogP contribution is -2.25. The second-order valence-electron chi connectivity index (χ2n) is 5.34. The van der Waals surface area contributed by atoms with Crippen LogP contribution in [0.15, 0.2) is 48.5 Å². The average Bonchev–Trinajstić information content (AvgIpc) is 2.56. The smallest absolute Gasteiger partial charge is 0.310 e. The second-order valence-corrected chi connectivity index (χ2v) is 5.34. The number of hydrogen-bond acceptors (Lipinski definition) is 4. The van der Waals surface area contributed by atoms with E-state index in [1.807, 2.05) is 25.1 Å². The van der Waals surface area contributed by atoms with E-state index in [9.17, 15) is 9.59 Å². The molecule has 2 aromatic carbocycles. The van der Waals surface area contributed by atoms with Gasteiger partial charge < -0.3 is 9.47 Å². The molecule has 0 fully saturated rings. The summed E-state index contributed by atoms with van der Waals surface area (Å²) in [6.07, 6.45) is -0.708. The fraction of sp³-hybridized carbons (Fsp3) is 0.263. The molecule has 0 saturated heterocycles. The zero-order chi connectivity index (χ0) is 16.8. The molecule has 0 N–H and O–H groups in total. The number of carbonyl (C=O) groups is 2. The van der Waals surface area contributed by atoms with Crippen molar-refractivity contribution in [1.82, 2.24) is 0 Å². The van der Waals surface area contributed by atoms with Gasteiger partial charge >= 0.3 is 5.97 Å². The van der Waals surface area contributed by atoms with Gasteiger partial charge in [-0.05, 0) is 31.0 Å². The maximum Gasteiger partial charge on any atom is 0.310 e. The van der Waals surface area contributed by atoms with Crippen molar-refractivity contribution in [3.8, 4) is 5.75 Å². The number of ketones is 1. The number of methoxy groups -OCH3 is 1. The van der Waals surface area contributed by atoms with E-state index < -0.39 is 12.1 Å². The number of rotatable bonds is 6. The van der Waals surface area contributed by atoms with Gasteiger partial charge in [0.1, 0.15) is 5.75 Å². The Kier molecular flexibility index (Phi) is 5.52. The van der Waals surface area contributed by atoms with Gasteiger partial charge in [-0.25, -0.2) is 0 Å². The maximum atomic E-state index is 12.2. The molecule has 2 aromatic rings. The van der Waals surface area contributed by atoms with Crippen molar-refractivity contribution >= 4 is 11.8 Å². The average molecular weight is 312 g/mol. The first-order chi connectivity index (χ1) is 11.0. The monoisotopic (exact) mass is 312 g/mol. The Morgan fingerprint density at radius 3 is 2.43 bits per heavy atom. The summed E-state index contributed by atoms with van der Waals surface area (Å²) < 4.78 is 10.5. The molecular weight excluding hydrogens is 292 g/mol. The third-order valence-electron chi connectivity index (χ3n) is 3.56. The summed E-state index contributed by atoms with van der Waals surface area (Å²) in [5, 5.41) is 0. The van der Waals surface area contributed by atoms with Gasteiger partial charge in [-0.2, -0.15) is 0 Å². The van der Waals surface area contributed by atoms with Crippen LogP contribution in [0.5, 0.6) is 5.75 Å². The third kappa shape index (κ3) is 4.42. The van der Waals surface area contributed by atoms with Crippen LogP contribution in [0.2, 0.25) is 0 Å². The van der Waals surface area contributed by atoms with Crippen LogP contribution in [0.3, 0.4) is 0 Å². The van der Waals surface area contributed by atoms with Gasteiger partial charge in [0.25, 0.3) is 0 Å². The third-order valence-corrected chi connectivity index (χ3v) is 3.56. The zero-order valence-electron chi connectivity index (χ0n) is 13.5. The fourth-order valence-corrected chi connectivity index (χ4v) is 2.27. The molecule has 0 radical (unpaired) electrons. The summed E-state index contributed by atoms with van der Waals surface area (Å²) in [5.41, 5.74) is 2.32. The summed E-state index contributed by atoms with van der Waals surface area (Å²) in [4.78, 5) is 24.2. The molecule has 4 nitrogen and oxygen atoms in total. The van der Waals surface area contributed by atoms with E-state index in [1.54, 1.807) is 44.4 Å². The molecule has 2 rings (SSSR count). The highest BCUT2D eigenvalue weighted by molar-refractivity contribution is 6.00. The molecule has 1 unspecified atom stereocenters. The fourth-order valence-electron chi connectivity index (χ4n) is 2.27. The molecule has 120 valence electrons. The number of esters is 1. The normalized spacial score (nSPS) is 11.6. The van der Waals surface area contributed by atoms with Gasteiger partial charge in [0.05, 0.1) is 13.5 Å². The molecule has 0 aromatic heterocycles. The van der Waals surface area contributed by atoms with Crippen molar-refractivity contribution < 1.29 is 19.1 Å². The minimum absolute atomic E-state index is 0.100. The van der Waals surface area contributed by atoms with Crippen molar-refractivity contribution in [2.24, 2.45) is 0 Å². The van der Waals surface area contributed by atoms with E-state index in [2.05, 4.69) is 0 Å². The van der Waals surface area contributed by atoms with Gasteiger partial charge in [0.15, 0.2) is 6.10 Å². The highest BCUT2D eigenvalue weighted by Gasteiger charge is 2.19. The van der Waals surface area contributed by atoms with Crippen LogP contribution >= 0.6 is 0 Å². The Labute approximate surface area is 136 Å². The Hall–Kier alpha value is -2.62. The number of benzene rings is 2. The quantitative estimate of drug-likeness (QED) is 0.606. The highest BCUT2D eigenvalue weighted by Crippen LogP contribution is 2.19. The number of Topliss-reactive ketones (excluding diaryl/α,β-unsaturated/α-hetero) is 1.